The van der Waals surface area contributed by atoms with E-state index in [1.54, 1.807) is 59.6 Å². The number of aryl methyl sites for hydroxylation is 2. The number of aromatic amines is 2. The number of amides is 1. The van der Waals surface area contributed by atoms with E-state index in [-0.39, 0.29) is 70.0 Å². The van der Waals surface area contributed by atoms with Crippen LogP contribution in [0.1, 0.15) is 124 Å². The van der Waals surface area contributed by atoms with E-state index in [2.05, 4.69) is 70.6 Å². The Morgan fingerprint density at radius 2 is 1.08 bits per heavy atom. The number of H-pyrrole nitrogens is 2. The fourth-order valence-corrected chi connectivity index (χ4v) is 6.28. The van der Waals surface area contributed by atoms with Crippen molar-refractivity contribution in [2.45, 2.75) is 133 Å². The van der Waals surface area contributed by atoms with Gasteiger partial charge in [-0.25, -0.2) is 34.3 Å². The van der Waals surface area contributed by atoms with Crippen LogP contribution in [0.4, 0.5) is 23.4 Å². The predicted molar refractivity (Wildman–Crippen MR) is 284 cm³/mol. The molecule has 73 heavy (non-hydrogen) atoms. The van der Waals surface area contributed by atoms with E-state index in [0.29, 0.717) is 51.8 Å². The number of nitrogen functional groups attached to an aromatic ring is 4. The van der Waals surface area contributed by atoms with Gasteiger partial charge in [0.1, 0.15) is 29.3 Å². The summed E-state index contributed by atoms with van der Waals surface area (Å²) in [5.74, 6) is 1.68. The molecular weight excluding hydrogens is 941 g/mol. The number of imidazole rings is 2. The number of nitrogens with two attached hydrogens (primary N) is 4. The maximum atomic E-state index is 11.4. The Labute approximate surface area is 421 Å². The van der Waals surface area contributed by atoms with Gasteiger partial charge in [-0.15, -0.1) is 0 Å². The van der Waals surface area contributed by atoms with Gasteiger partial charge in [-0.2, -0.15) is 15.0 Å². The minimum absolute atomic E-state index is 0.0769. The molecular formula is C47H70N20O6. The third-order valence-electron chi connectivity index (χ3n) is 10.3. The minimum Gasteiger partial charge on any atom is -0.383 e. The average molecular weight is 1010 g/mol. The summed E-state index contributed by atoms with van der Waals surface area (Å²) in [6.45, 7) is 30.9. The predicted octanol–water partition coefficient (Wildman–Crippen LogP) is 3.63. The van der Waals surface area contributed by atoms with Crippen LogP contribution < -0.4 is 56.4 Å². The largest absolute Gasteiger partial charge is 0.383 e. The van der Waals surface area contributed by atoms with Crippen LogP contribution in [0, 0.1) is 13.8 Å². The fraction of sp³-hybridized carbons (Fsp3) is 0.426. The van der Waals surface area contributed by atoms with E-state index in [1.807, 2.05) is 85.6 Å². The zero-order valence-electron chi connectivity index (χ0n) is 43.9. The second-order valence-electron chi connectivity index (χ2n) is 18.1. The van der Waals surface area contributed by atoms with Crippen LogP contribution in [0.2, 0.25) is 0 Å². The molecule has 1 amide bonds. The van der Waals surface area contributed by atoms with E-state index in [1.165, 1.54) is 21.5 Å². The number of fused-ring (bicyclic) bond motifs is 2. The van der Waals surface area contributed by atoms with Crippen molar-refractivity contribution in [3.8, 4) is 0 Å². The Morgan fingerprint density at radius 1 is 0.548 bits per heavy atom. The minimum atomic E-state index is -0.347. The molecule has 7 aromatic heterocycles. The Morgan fingerprint density at radius 3 is 1.62 bits per heavy atom. The van der Waals surface area contributed by atoms with Crippen molar-refractivity contribution in [3.63, 3.8) is 0 Å². The van der Waals surface area contributed by atoms with Gasteiger partial charge in [0.2, 0.25) is 5.95 Å². The Kier molecular flexibility index (Phi) is 20.8. The summed E-state index contributed by atoms with van der Waals surface area (Å²) < 4.78 is 8.35. The van der Waals surface area contributed by atoms with E-state index < -0.39 is 0 Å². The number of anilines is 4. The van der Waals surface area contributed by atoms with E-state index in [0.717, 1.165) is 11.2 Å². The van der Waals surface area contributed by atoms with Crippen LogP contribution >= 0.6 is 0 Å². The first-order valence-electron chi connectivity index (χ1n) is 23.2. The first-order chi connectivity index (χ1) is 34.0. The van der Waals surface area contributed by atoms with Crippen molar-refractivity contribution in [2.75, 3.05) is 22.9 Å². The summed E-state index contributed by atoms with van der Waals surface area (Å²) in [5, 5.41) is 2.62. The van der Waals surface area contributed by atoms with Gasteiger partial charge < -0.3 is 42.3 Å². The molecule has 1 aliphatic rings. The van der Waals surface area contributed by atoms with Crippen molar-refractivity contribution in [1.29, 1.82) is 0 Å². The summed E-state index contributed by atoms with van der Waals surface area (Å²) >= 11 is 0. The Hall–Kier alpha value is -8.71. The van der Waals surface area contributed by atoms with Crippen LogP contribution in [0.3, 0.4) is 0 Å². The highest BCUT2D eigenvalue weighted by atomic mass is 16.2. The highest BCUT2D eigenvalue weighted by molar-refractivity contribution is 5.89. The second kappa shape index (κ2) is 25.9. The number of nitrogens with one attached hydrogen (secondary N) is 3. The van der Waals surface area contributed by atoms with Gasteiger partial charge in [0.15, 0.2) is 22.6 Å². The van der Waals surface area contributed by atoms with Gasteiger partial charge in [-0.3, -0.25) is 38.1 Å². The molecule has 0 saturated heterocycles. The average Bonchev–Trinajstić information content (AvgIpc) is 3.93. The molecule has 26 heteroatoms. The quantitative estimate of drug-likeness (QED) is 0.125. The fourth-order valence-electron chi connectivity index (χ4n) is 6.28. The molecule has 0 atom stereocenters. The second-order valence-corrected chi connectivity index (χ2v) is 18.1. The molecule has 0 aromatic carbocycles. The molecule has 0 fully saturated rings. The Bertz CT molecular complexity index is 3330. The summed E-state index contributed by atoms with van der Waals surface area (Å²) in [4.78, 5) is 100. The van der Waals surface area contributed by atoms with Gasteiger partial charge in [0.05, 0.1) is 12.7 Å². The lowest BCUT2D eigenvalue weighted by Gasteiger charge is -2.29. The monoisotopic (exact) mass is 1010 g/mol. The highest BCUT2D eigenvalue weighted by Crippen LogP contribution is 2.18. The number of aromatic nitrogens is 14. The number of carbonyl (C=O) groups excluding carboxylic acids is 1. The van der Waals surface area contributed by atoms with Crippen LogP contribution in [-0.2, 0) is 4.79 Å². The molecule has 0 aliphatic carbocycles. The Balaban J connectivity index is 0.000000232. The van der Waals surface area contributed by atoms with Gasteiger partial charge in [-0.1, -0.05) is 6.58 Å². The van der Waals surface area contributed by atoms with Crippen molar-refractivity contribution >= 4 is 51.6 Å². The zero-order valence-corrected chi connectivity index (χ0v) is 43.9. The summed E-state index contributed by atoms with van der Waals surface area (Å²) in [7, 11) is 0. The van der Waals surface area contributed by atoms with Crippen LogP contribution in [0.25, 0.3) is 22.3 Å². The molecule has 0 bridgehead atoms. The topological polar surface area (TPSA) is 368 Å². The first kappa shape index (κ1) is 58.6. The van der Waals surface area contributed by atoms with Crippen molar-refractivity contribution < 1.29 is 4.79 Å². The van der Waals surface area contributed by atoms with E-state index in [9.17, 15) is 28.8 Å². The zero-order chi connectivity index (χ0) is 55.2. The molecule has 8 rings (SSSR count). The smallest absolute Gasteiger partial charge is 0.349 e. The molecule has 394 valence electrons. The standard InChI is InChI=1S/C8H11N5O.C8H11N5.C8H13N3O.C8H12N2O2.C8H12N2O.C7H11N3O/c1-4(2)13-3-10-5-6(13)11-8(9)12-7(5)14;1-5(2)13-4-12-6-7(9)10-3-11-8(6)13;1-5(2)11-4-6(3)7(9)10-8(11)12;1-5(2)10-4-6(3)7(11)9-8(10)12;1-6(2)10-5-4-8(11)9-7(10)3;1-5(2)10-4-3-6(8)9-7(10)11/h3-4H,1-2H3,(H3,9,11,12,14);3-5H,1-2H3,(H2,9,10,11);4-5H,1-3H3,(H2,9,10,12);4-5H,1-3H3,(H,9,11,12);4-6H,3H2,1-2H3,(H,9,11);3-5H,1-2H3,(H2,8,9,11). The lowest BCUT2D eigenvalue weighted by atomic mass is 10.3. The number of nitrogens with zero attached hydrogens (tertiary/aromatic N) is 13. The SMILES string of the molecule is C=C1NC(=O)C=CN1C(C)C.CC(C)n1ccc(N)nc1=O.CC(C)n1cnc2c(=O)[nH]c(N)nc21.CC(C)n1cnc2c(N)ncnc21.Cc1cn(C(C)C)c(=O)[nH]c1=O.Cc1cn(C(C)C)c(=O)nc1N. The lowest BCUT2D eigenvalue weighted by Crippen LogP contribution is -2.38. The molecule has 0 saturated carbocycles. The van der Waals surface area contributed by atoms with Crippen molar-refractivity contribution in [3.05, 3.63) is 132 Å². The van der Waals surface area contributed by atoms with Gasteiger partial charge >= 0.3 is 17.1 Å². The first-order valence-corrected chi connectivity index (χ1v) is 23.2. The third kappa shape index (κ3) is 16.2. The lowest BCUT2D eigenvalue weighted by molar-refractivity contribution is -0.116. The van der Waals surface area contributed by atoms with E-state index in [4.69, 9.17) is 22.9 Å². The number of carbonyl (C=O) groups is 1. The van der Waals surface area contributed by atoms with Gasteiger partial charge in [0.25, 0.3) is 17.0 Å². The van der Waals surface area contributed by atoms with Crippen LogP contribution in [-0.4, -0.2) is 84.5 Å². The maximum absolute atomic E-state index is 11.4. The summed E-state index contributed by atoms with van der Waals surface area (Å²) in [5.41, 5.74) is 24.0. The molecule has 0 spiro atoms. The number of hydrogen-bond acceptors (Lipinski definition) is 18. The van der Waals surface area contributed by atoms with Crippen LogP contribution in [0.5, 0.6) is 0 Å². The molecule has 26 nitrogen and oxygen atoms in total. The molecule has 0 radical (unpaired) electrons. The highest BCUT2D eigenvalue weighted by Gasteiger charge is 2.15. The summed E-state index contributed by atoms with van der Waals surface area (Å²) in [6, 6.07) is 2.82. The molecule has 11 N–H and O–H groups in total. The third-order valence-corrected chi connectivity index (χ3v) is 10.3. The molecule has 7 aromatic rings. The number of rotatable bonds is 6. The van der Waals surface area contributed by atoms with Crippen molar-refractivity contribution in [2.24, 2.45) is 0 Å². The van der Waals surface area contributed by atoms with Gasteiger partial charge in [-0.05, 0) is 103 Å². The molecule has 0 unspecified atom stereocenters. The van der Waals surface area contributed by atoms with Crippen LogP contribution in [0.15, 0.2) is 92.3 Å². The van der Waals surface area contributed by atoms with E-state index >= 15 is 0 Å². The maximum Gasteiger partial charge on any atom is 0.349 e. The normalized spacial score (nSPS) is 11.9. The summed E-state index contributed by atoms with van der Waals surface area (Å²) in [6.07, 6.45) is 13.0. The van der Waals surface area contributed by atoms with Gasteiger partial charge in [0, 0.05) is 78.2 Å². The molecule has 8 heterocycles. The van der Waals surface area contributed by atoms with Crippen molar-refractivity contribution in [1.82, 2.24) is 77.9 Å². The number of hydrogen-bond donors (Lipinski definition) is 7. The molecule has 1 aliphatic heterocycles.